The first-order valence-electron chi connectivity index (χ1n) is 12.1. The Balaban J connectivity index is 1.75. The molecule has 40 heavy (non-hydrogen) atoms. The Labute approximate surface area is 234 Å². The first-order chi connectivity index (χ1) is 18.9. The lowest BCUT2D eigenvalue weighted by atomic mass is 9.93. The molecule has 1 unspecified atom stereocenters. The molecule has 0 bridgehead atoms. The smallest absolute Gasteiger partial charge is 0.329 e. The zero-order valence-electron chi connectivity index (χ0n) is 21.8. The van der Waals surface area contributed by atoms with E-state index in [2.05, 4.69) is 10.5 Å². The van der Waals surface area contributed by atoms with Gasteiger partial charge < -0.3 is 24.8 Å². The van der Waals surface area contributed by atoms with E-state index in [0.29, 0.717) is 16.3 Å². The van der Waals surface area contributed by atoms with Crippen LogP contribution >= 0.6 is 11.6 Å². The second-order valence-corrected chi connectivity index (χ2v) is 10.5. The number of amides is 2. The number of ether oxygens (including phenoxy) is 1. The number of benzene rings is 2. The molecule has 1 atom stereocenters. The molecule has 1 aliphatic rings. The number of aliphatic hydroxyl groups excluding tert-OH is 1. The molecule has 1 saturated heterocycles. The number of carbonyl (C=O) groups is 4. The number of aliphatic carboxylic acids is 1. The van der Waals surface area contributed by atoms with Crippen molar-refractivity contribution in [2.24, 2.45) is 0 Å². The van der Waals surface area contributed by atoms with Crippen LogP contribution in [-0.2, 0) is 29.3 Å². The summed E-state index contributed by atoms with van der Waals surface area (Å²) in [6.07, 6.45) is 0. The topological polar surface area (TPSA) is 159 Å². The molecule has 4 rings (SSSR count). The van der Waals surface area contributed by atoms with Crippen LogP contribution in [0.3, 0.4) is 0 Å². The van der Waals surface area contributed by atoms with Gasteiger partial charge in [0.05, 0.1) is 11.6 Å². The van der Waals surface area contributed by atoms with Crippen LogP contribution in [-0.4, -0.2) is 52.2 Å². The van der Waals surface area contributed by atoms with Crippen molar-refractivity contribution < 1.29 is 38.7 Å². The number of nitrogens with zero attached hydrogens (tertiary/aromatic N) is 2. The maximum absolute atomic E-state index is 13.4. The maximum atomic E-state index is 13.4. The monoisotopic (exact) mass is 567 g/mol. The number of carboxylic acids is 1. The van der Waals surface area contributed by atoms with Crippen LogP contribution in [0.5, 0.6) is 0 Å². The molecule has 11 nitrogen and oxygen atoms in total. The van der Waals surface area contributed by atoms with Gasteiger partial charge in [-0.15, -0.1) is 0 Å². The van der Waals surface area contributed by atoms with Crippen molar-refractivity contribution in [1.82, 2.24) is 5.16 Å². The Bertz CT molecular complexity index is 1500. The molecule has 1 aliphatic heterocycles. The van der Waals surface area contributed by atoms with E-state index in [0.717, 1.165) is 0 Å². The fourth-order valence-electron chi connectivity index (χ4n) is 4.09. The van der Waals surface area contributed by atoms with Gasteiger partial charge in [-0.05, 0) is 29.8 Å². The molecule has 208 valence electrons. The highest BCUT2D eigenvalue weighted by Crippen LogP contribution is 2.43. The van der Waals surface area contributed by atoms with Crippen LogP contribution in [0.25, 0.3) is 5.76 Å². The van der Waals surface area contributed by atoms with Gasteiger partial charge in [0.2, 0.25) is 5.91 Å². The van der Waals surface area contributed by atoms with E-state index in [4.69, 9.17) is 26.0 Å². The summed E-state index contributed by atoms with van der Waals surface area (Å²) in [7, 11) is 0. The van der Waals surface area contributed by atoms with Crippen LogP contribution in [0.1, 0.15) is 43.7 Å². The van der Waals surface area contributed by atoms with E-state index >= 15 is 0 Å². The number of aliphatic hydroxyl groups is 1. The molecule has 2 aromatic carbocycles. The first-order valence-corrected chi connectivity index (χ1v) is 12.5. The van der Waals surface area contributed by atoms with E-state index in [1.807, 2.05) is 20.8 Å². The number of carboxylic acid groups (broad SMARTS) is 1. The van der Waals surface area contributed by atoms with Crippen LogP contribution in [0, 0.1) is 0 Å². The molecule has 0 aliphatic carbocycles. The summed E-state index contributed by atoms with van der Waals surface area (Å²) in [5, 5.41) is 27.0. The minimum Gasteiger partial charge on any atom is -0.507 e. The van der Waals surface area contributed by atoms with Gasteiger partial charge in [0.15, 0.2) is 5.82 Å². The number of rotatable bonds is 8. The third kappa shape index (κ3) is 6.05. The summed E-state index contributed by atoms with van der Waals surface area (Å²) in [6.45, 7) is 4.59. The zero-order chi connectivity index (χ0) is 29.2. The number of anilines is 2. The summed E-state index contributed by atoms with van der Waals surface area (Å²) >= 11 is 6.07. The maximum Gasteiger partial charge on any atom is 0.329 e. The lowest BCUT2D eigenvalue weighted by molar-refractivity contribution is -0.143. The van der Waals surface area contributed by atoms with Crippen molar-refractivity contribution in [3.8, 4) is 0 Å². The predicted octanol–water partition coefficient (Wildman–Crippen LogP) is 4.29. The molecule has 0 spiro atoms. The van der Waals surface area contributed by atoms with Gasteiger partial charge in [0.25, 0.3) is 5.78 Å². The van der Waals surface area contributed by atoms with E-state index in [1.165, 1.54) is 29.2 Å². The third-order valence-corrected chi connectivity index (χ3v) is 6.24. The molecule has 12 heteroatoms. The summed E-state index contributed by atoms with van der Waals surface area (Å²) in [6, 6.07) is 13.0. The number of nitrogens with one attached hydrogen (secondary N) is 1. The number of carbonyl (C=O) groups excluding carboxylic acids is 3. The Hall–Kier alpha value is -4.48. The highest BCUT2D eigenvalue weighted by atomic mass is 35.5. The van der Waals surface area contributed by atoms with Crippen molar-refractivity contribution in [2.75, 3.05) is 23.4 Å². The average molecular weight is 568 g/mol. The molecule has 1 aromatic heterocycles. The van der Waals surface area contributed by atoms with Crippen LogP contribution in [0.2, 0.25) is 5.02 Å². The van der Waals surface area contributed by atoms with Gasteiger partial charge in [0, 0.05) is 27.8 Å². The lowest BCUT2D eigenvalue weighted by Crippen LogP contribution is -2.29. The summed E-state index contributed by atoms with van der Waals surface area (Å²) in [4.78, 5) is 50.6. The van der Waals surface area contributed by atoms with Gasteiger partial charge >= 0.3 is 11.9 Å². The first kappa shape index (κ1) is 28.5. The number of halogens is 1. The number of ketones is 1. The van der Waals surface area contributed by atoms with Gasteiger partial charge in [-0.3, -0.25) is 19.3 Å². The average Bonchev–Trinajstić information content (AvgIpc) is 3.47. The number of hydrogen-bond donors (Lipinski definition) is 3. The summed E-state index contributed by atoms with van der Waals surface area (Å²) in [5.74, 6) is -3.55. The summed E-state index contributed by atoms with van der Waals surface area (Å²) in [5.41, 5.74) is 0.276. The number of aromatic nitrogens is 1. The highest BCUT2D eigenvalue weighted by molar-refractivity contribution is 6.51. The van der Waals surface area contributed by atoms with E-state index in [1.54, 1.807) is 30.3 Å². The fourth-order valence-corrected chi connectivity index (χ4v) is 4.22. The van der Waals surface area contributed by atoms with Gasteiger partial charge in [0.1, 0.15) is 24.7 Å². The molecule has 3 aromatic rings. The van der Waals surface area contributed by atoms with Gasteiger partial charge in [-0.1, -0.05) is 61.8 Å². The van der Waals surface area contributed by atoms with Crippen molar-refractivity contribution in [3.05, 3.63) is 82.1 Å². The second kappa shape index (κ2) is 11.3. The standard InChI is InChI=1S/C28H26ClN3O8/c1-28(2,3)19-12-20(31-40-19)32-24(15-7-9-17(29)10-8-15)23(26(37)27(32)38)25(36)16-5-4-6-18(11-16)30-21(33)13-39-14-22(34)35/h4-12,24,36H,13-14H2,1-3H3,(H,30,33)(H,34,35). The quantitative estimate of drug-likeness (QED) is 0.205. The molecule has 0 radical (unpaired) electrons. The normalized spacial score (nSPS) is 16.8. The van der Waals surface area contributed by atoms with Crippen molar-refractivity contribution >= 4 is 52.4 Å². The SMILES string of the molecule is CC(C)(C)c1cc(N2C(=O)C(=O)C(=C(O)c3cccc(NC(=O)COCC(=O)O)c3)C2c2ccc(Cl)cc2)no1. The molecule has 1 fully saturated rings. The lowest BCUT2D eigenvalue weighted by Gasteiger charge is -2.23. The molecular formula is C28H26ClN3O8. The van der Waals surface area contributed by atoms with Crippen molar-refractivity contribution in [1.29, 1.82) is 0 Å². The minimum absolute atomic E-state index is 0.105. The Morgan fingerprint density at radius 2 is 1.77 bits per heavy atom. The summed E-state index contributed by atoms with van der Waals surface area (Å²) < 4.78 is 10.2. The van der Waals surface area contributed by atoms with Crippen molar-refractivity contribution in [3.63, 3.8) is 0 Å². The molecule has 2 amide bonds. The Morgan fingerprint density at radius 3 is 2.40 bits per heavy atom. The van der Waals surface area contributed by atoms with Crippen LogP contribution < -0.4 is 10.2 Å². The van der Waals surface area contributed by atoms with E-state index < -0.39 is 54.0 Å². The molecule has 3 N–H and O–H groups in total. The predicted molar refractivity (Wildman–Crippen MR) is 145 cm³/mol. The largest absolute Gasteiger partial charge is 0.507 e. The van der Waals surface area contributed by atoms with Crippen LogP contribution in [0.4, 0.5) is 11.5 Å². The zero-order valence-corrected chi connectivity index (χ0v) is 22.6. The Kier molecular flexibility index (Phi) is 8.08. The molecule has 0 saturated carbocycles. The number of hydrogen-bond acceptors (Lipinski definition) is 8. The fraction of sp³-hybridized carbons (Fsp3) is 0.250. The van der Waals surface area contributed by atoms with Gasteiger partial charge in [-0.2, -0.15) is 0 Å². The van der Waals surface area contributed by atoms with Crippen molar-refractivity contribution in [2.45, 2.75) is 32.2 Å². The third-order valence-electron chi connectivity index (χ3n) is 5.99. The Morgan fingerprint density at radius 1 is 1.07 bits per heavy atom. The second-order valence-electron chi connectivity index (χ2n) is 10.0. The number of Topliss-reactive ketones (excluding diaryl/α,β-unsaturated/α-hetero) is 1. The molecule has 2 heterocycles. The van der Waals surface area contributed by atoms with E-state index in [-0.39, 0.29) is 22.6 Å². The van der Waals surface area contributed by atoms with Gasteiger partial charge in [-0.25, -0.2) is 4.79 Å². The highest BCUT2D eigenvalue weighted by Gasteiger charge is 2.48. The van der Waals surface area contributed by atoms with Crippen LogP contribution in [0.15, 0.2) is 64.7 Å². The van der Waals surface area contributed by atoms with E-state index in [9.17, 15) is 24.3 Å². The minimum atomic E-state index is -1.22. The molecular weight excluding hydrogens is 542 g/mol.